The topological polar surface area (TPSA) is 18.5 Å². The Morgan fingerprint density at radius 1 is 1.19 bits per heavy atom. The first kappa shape index (κ1) is 16.6. The Kier molecular flexibility index (Phi) is 6.34. The first-order valence-electron chi connectivity index (χ1n) is 8.02. The molecule has 0 radical (unpaired) electrons. The van der Waals surface area contributed by atoms with E-state index < -0.39 is 0 Å². The first-order chi connectivity index (χ1) is 10.1. The molecule has 1 fully saturated rings. The smallest absolute Gasteiger partial charge is 0.0642 e. The third-order valence-corrected chi connectivity index (χ3v) is 4.16. The first-order valence-corrected chi connectivity index (χ1v) is 8.40. The Morgan fingerprint density at radius 3 is 2.57 bits per heavy atom. The second-order valence-electron chi connectivity index (χ2n) is 6.19. The van der Waals surface area contributed by atoms with Crippen molar-refractivity contribution in [1.29, 1.82) is 0 Å². The van der Waals surface area contributed by atoms with Gasteiger partial charge in [-0.15, -0.1) is 0 Å². The van der Waals surface area contributed by atoms with Crippen LogP contribution in [0.2, 0.25) is 5.02 Å². The molecular weight excluding hydrogens is 282 g/mol. The molecule has 1 saturated carbocycles. The number of anilines is 1. The Hall–Kier alpha value is -0.770. The van der Waals surface area contributed by atoms with E-state index in [-0.39, 0.29) is 0 Å². The Labute approximate surface area is 134 Å². The van der Waals surface area contributed by atoms with Crippen LogP contribution in [0.25, 0.3) is 0 Å². The number of benzene rings is 1. The minimum atomic E-state index is 0.721. The van der Waals surface area contributed by atoms with Crippen molar-refractivity contribution in [2.45, 2.75) is 38.8 Å². The fraction of sp³-hybridized carbons (Fsp3) is 0.647. The number of rotatable bonds is 9. The molecule has 1 aromatic carbocycles. The van der Waals surface area contributed by atoms with E-state index in [0.29, 0.717) is 0 Å². The lowest BCUT2D eigenvalue weighted by atomic mass is 10.1. The summed E-state index contributed by atoms with van der Waals surface area (Å²) in [4.78, 5) is 4.66. The van der Waals surface area contributed by atoms with Gasteiger partial charge in [0.2, 0.25) is 0 Å². The molecule has 1 aliphatic carbocycles. The number of halogens is 1. The zero-order valence-electron chi connectivity index (χ0n) is 13.5. The third kappa shape index (κ3) is 5.17. The lowest BCUT2D eigenvalue weighted by molar-refractivity contribution is 0.412. The van der Waals surface area contributed by atoms with E-state index in [2.05, 4.69) is 48.3 Å². The lowest BCUT2D eigenvalue weighted by Gasteiger charge is -2.29. The van der Waals surface area contributed by atoms with E-state index in [0.717, 1.165) is 43.7 Å². The number of nitrogens with one attached hydrogen (secondary N) is 1. The normalized spacial score (nSPS) is 14.7. The van der Waals surface area contributed by atoms with Crippen LogP contribution in [-0.2, 0) is 6.54 Å². The van der Waals surface area contributed by atoms with Gasteiger partial charge >= 0.3 is 0 Å². The second-order valence-corrected chi connectivity index (χ2v) is 6.60. The van der Waals surface area contributed by atoms with Crippen LogP contribution in [0.4, 0.5) is 5.69 Å². The van der Waals surface area contributed by atoms with Crippen LogP contribution < -0.4 is 10.2 Å². The van der Waals surface area contributed by atoms with Crippen LogP contribution in [0, 0.1) is 0 Å². The van der Waals surface area contributed by atoms with Gasteiger partial charge in [0.05, 0.1) is 10.7 Å². The van der Waals surface area contributed by atoms with Crippen molar-refractivity contribution in [2.24, 2.45) is 0 Å². The summed E-state index contributed by atoms with van der Waals surface area (Å²) < 4.78 is 0. The largest absolute Gasteiger partial charge is 0.369 e. The predicted molar refractivity (Wildman–Crippen MR) is 92.4 cm³/mol. The molecule has 0 aromatic heterocycles. The fourth-order valence-corrected chi connectivity index (χ4v) is 2.84. The van der Waals surface area contributed by atoms with E-state index in [1.807, 2.05) is 6.07 Å². The molecule has 0 amide bonds. The van der Waals surface area contributed by atoms with E-state index in [1.54, 1.807) is 0 Å². The quantitative estimate of drug-likeness (QED) is 0.754. The minimum absolute atomic E-state index is 0.721. The van der Waals surface area contributed by atoms with Gasteiger partial charge in [-0.1, -0.05) is 30.7 Å². The van der Waals surface area contributed by atoms with Crippen molar-refractivity contribution in [1.82, 2.24) is 10.2 Å². The van der Waals surface area contributed by atoms with Crippen LogP contribution in [0.15, 0.2) is 18.2 Å². The van der Waals surface area contributed by atoms with E-state index >= 15 is 0 Å². The lowest BCUT2D eigenvalue weighted by Crippen LogP contribution is -2.33. The number of likely N-dealkylation sites (N-methyl/N-ethyl adjacent to an activating group) is 1. The average Bonchev–Trinajstić information content (AvgIpc) is 3.26. The molecule has 0 heterocycles. The highest BCUT2D eigenvalue weighted by Crippen LogP contribution is 2.31. The third-order valence-electron chi connectivity index (χ3n) is 3.86. The summed E-state index contributed by atoms with van der Waals surface area (Å²) in [6.45, 7) is 6.25. The molecule has 0 saturated heterocycles. The molecule has 0 unspecified atom stereocenters. The molecular formula is C17H28ClN3. The molecule has 1 aliphatic rings. The SMILES string of the molecule is CCCN(CCN(C)C)c1c(Cl)cccc1CNC1CC1. The summed E-state index contributed by atoms with van der Waals surface area (Å²) in [6.07, 6.45) is 3.76. The molecule has 3 nitrogen and oxygen atoms in total. The van der Waals surface area contributed by atoms with Crippen LogP contribution in [0.1, 0.15) is 31.7 Å². The van der Waals surface area contributed by atoms with E-state index in [4.69, 9.17) is 11.6 Å². The zero-order valence-corrected chi connectivity index (χ0v) is 14.3. The van der Waals surface area contributed by atoms with Gasteiger partial charge in [0, 0.05) is 32.2 Å². The predicted octanol–water partition coefficient (Wildman–Crippen LogP) is 3.37. The number of hydrogen-bond acceptors (Lipinski definition) is 3. The molecule has 1 aromatic rings. The molecule has 1 N–H and O–H groups in total. The summed E-state index contributed by atoms with van der Waals surface area (Å²) in [5.41, 5.74) is 2.54. The van der Waals surface area contributed by atoms with Crippen LogP contribution in [0.5, 0.6) is 0 Å². The standard InChI is InChI=1S/C17H28ClN3/c1-4-10-21(12-11-20(2)3)17-14(6-5-7-16(17)18)13-19-15-8-9-15/h5-7,15,19H,4,8-13H2,1-3H3. The van der Waals surface area contributed by atoms with E-state index in [1.165, 1.54) is 24.1 Å². The maximum Gasteiger partial charge on any atom is 0.0642 e. The van der Waals surface area contributed by atoms with Crippen molar-refractivity contribution < 1.29 is 0 Å². The minimum Gasteiger partial charge on any atom is -0.369 e. The maximum atomic E-state index is 6.52. The molecule has 21 heavy (non-hydrogen) atoms. The van der Waals surface area contributed by atoms with Gasteiger partial charge < -0.3 is 15.1 Å². The van der Waals surface area contributed by atoms with Gasteiger partial charge in [-0.3, -0.25) is 0 Å². The molecule has 4 heteroatoms. The molecule has 0 bridgehead atoms. The summed E-state index contributed by atoms with van der Waals surface area (Å²) in [5, 5.41) is 4.48. The fourth-order valence-electron chi connectivity index (χ4n) is 2.52. The summed E-state index contributed by atoms with van der Waals surface area (Å²) in [6, 6.07) is 6.99. The van der Waals surface area contributed by atoms with Gasteiger partial charge in [-0.05, 0) is 45.0 Å². The molecule has 0 aliphatic heterocycles. The molecule has 2 rings (SSSR count). The van der Waals surface area contributed by atoms with Gasteiger partial charge in [0.15, 0.2) is 0 Å². The Morgan fingerprint density at radius 2 is 1.95 bits per heavy atom. The van der Waals surface area contributed by atoms with E-state index in [9.17, 15) is 0 Å². The van der Waals surface area contributed by atoms with Crippen LogP contribution >= 0.6 is 11.6 Å². The monoisotopic (exact) mass is 309 g/mol. The summed E-state index contributed by atoms with van der Waals surface area (Å²) >= 11 is 6.52. The Balaban J connectivity index is 2.14. The van der Waals surface area contributed by atoms with Crippen molar-refractivity contribution in [2.75, 3.05) is 38.6 Å². The van der Waals surface area contributed by atoms with Gasteiger partial charge in [0.1, 0.15) is 0 Å². The molecule has 0 spiro atoms. The van der Waals surface area contributed by atoms with Crippen molar-refractivity contribution in [3.8, 4) is 0 Å². The molecule has 0 atom stereocenters. The van der Waals surface area contributed by atoms with Crippen LogP contribution in [0.3, 0.4) is 0 Å². The summed E-state index contributed by atoms with van der Waals surface area (Å²) in [7, 11) is 4.23. The van der Waals surface area contributed by atoms with Crippen molar-refractivity contribution in [3.05, 3.63) is 28.8 Å². The highest BCUT2D eigenvalue weighted by Gasteiger charge is 2.21. The number of hydrogen-bond donors (Lipinski definition) is 1. The van der Waals surface area contributed by atoms with Crippen molar-refractivity contribution >= 4 is 17.3 Å². The summed E-state index contributed by atoms with van der Waals surface area (Å²) in [5.74, 6) is 0. The van der Waals surface area contributed by atoms with Gasteiger partial charge in [-0.2, -0.15) is 0 Å². The molecule has 118 valence electrons. The zero-order chi connectivity index (χ0) is 15.2. The second kappa shape index (κ2) is 8.02. The maximum absolute atomic E-state index is 6.52. The van der Waals surface area contributed by atoms with Crippen LogP contribution in [-0.4, -0.2) is 44.7 Å². The number of nitrogens with zero attached hydrogens (tertiary/aromatic N) is 2. The highest BCUT2D eigenvalue weighted by atomic mass is 35.5. The van der Waals surface area contributed by atoms with Gasteiger partial charge in [0.25, 0.3) is 0 Å². The average molecular weight is 310 g/mol. The highest BCUT2D eigenvalue weighted by molar-refractivity contribution is 6.33. The van der Waals surface area contributed by atoms with Crippen molar-refractivity contribution in [3.63, 3.8) is 0 Å². The number of para-hydroxylation sites is 1. The Bertz CT molecular complexity index is 444. The van der Waals surface area contributed by atoms with Gasteiger partial charge in [-0.25, -0.2) is 0 Å².